The molecule has 1 fully saturated rings. The molecule has 0 bridgehead atoms. The molecule has 47 heavy (non-hydrogen) atoms. The van der Waals surface area contributed by atoms with Gasteiger partial charge in [0.15, 0.2) is 0 Å². The smallest absolute Gasteiger partial charge is 0.408 e. The van der Waals surface area contributed by atoms with E-state index in [1.165, 1.54) is 6.08 Å². The molecule has 9 nitrogen and oxygen atoms in total. The van der Waals surface area contributed by atoms with Crippen LogP contribution in [-0.4, -0.2) is 61.5 Å². The molecule has 2 N–H and O–H groups in total. The van der Waals surface area contributed by atoms with Crippen LogP contribution in [0.2, 0.25) is 5.02 Å². The molecule has 0 aliphatic carbocycles. The highest BCUT2D eigenvalue weighted by Gasteiger charge is 2.36. The predicted octanol–water partition coefficient (Wildman–Crippen LogP) is 7.99. The molecule has 4 aromatic rings. The number of carboxylic acid groups (broad SMARTS) is 1. The third kappa shape index (κ3) is 7.52. The van der Waals surface area contributed by atoms with Crippen LogP contribution < -0.4 is 5.32 Å². The molecule has 1 aromatic heterocycles. The van der Waals surface area contributed by atoms with Crippen molar-refractivity contribution in [1.29, 1.82) is 0 Å². The minimum atomic E-state index is -0.996. The molecule has 3 unspecified atom stereocenters. The van der Waals surface area contributed by atoms with Gasteiger partial charge in [-0.15, -0.1) is 0 Å². The standard InChI is InChI=1S/C37H42ClN5O4/c1-6-33(44)41-20-10-13-29(23-41)43-31-19-16-27(22-30(31)39-35(43)40-34(45)26-14-17-28(38)18-15-26)32(21-25-11-8-7-9-12-25)42(36(46)47)24(2)37(3,4)5/h6-9,11-12,14-19,22,24,29,32H,1,10,13,20-21,23H2,2-5H3,(H,46,47)(H,39,40,45). The van der Waals surface area contributed by atoms with Crippen molar-refractivity contribution in [3.8, 4) is 0 Å². The fraction of sp³-hybridized carbons (Fsp3) is 0.351. The molecule has 10 heteroatoms. The predicted molar refractivity (Wildman–Crippen MR) is 186 cm³/mol. The largest absolute Gasteiger partial charge is 0.465 e. The first kappa shape index (κ1) is 33.7. The lowest BCUT2D eigenvalue weighted by Gasteiger charge is -2.41. The van der Waals surface area contributed by atoms with Crippen LogP contribution in [0.4, 0.5) is 10.7 Å². The summed E-state index contributed by atoms with van der Waals surface area (Å²) in [5.74, 6) is -0.127. The van der Waals surface area contributed by atoms with E-state index in [1.807, 2.05) is 80.8 Å². The van der Waals surface area contributed by atoms with Gasteiger partial charge in [-0.25, -0.2) is 9.78 Å². The Morgan fingerprint density at radius 3 is 2.45 bits per heavy atom. The maximum atomic E-state index is 13.4. The third-order valence-electron chi connectivity index (χ3n) is 9.18. The van der Waals surface area contributed by atoms with Gasteiger partial charge in [-0.05, 0) is 85.2 Å². The molecule has 5 rings (SSSR count). The molecule has 1 saturated heterocycles. The summed E-state index contributed by atoms with van der Waals surface area (Å²) in [6, 6.07) is 21.4. The second-order valence-electron chi connectivity index (χ2n) is 13.2. The highest BCUT2D eigenvalue weighted by Crippen LogP contribution is 2.37. The second-order valence-corrected chi connectivity index (χ2v) is 13.7. The van der Waals surface area contributed by atoms with E-state index >= 15 is 0 Å². The van der Waals surface area contributed by atoms with Gasteiger partial charge in [-0.2, -0.15) is 0 Å². The Balaban J connectivity index is 1.62. The van der Waals surface area contributed by atoms with E-state index in [0.717, 1.165) is 29.5 Å². The number of piperidine rings is 1. The van der Waals surface area contributed by atoms with E-state index in [4.69, 9.17) is 16.6 Å². The first-order valence-corrected chi connectivity index (χ1v) is 16.3. The van der Waals surface area contributed by atoms with Crippen molar-refractivity contribution in [3.05, 3.63) is 107 Å². The van der Waals surface area contributed by atoms with E-state index < -0.39 is 12.1 Å². The number of carbonyl (C=O) groups excluding carboxylic acids is 2. The molecule has 1 aliphatic heterocycles. The first-order chi connectivity index (χ1) is 22.4. The molecule has 3 aromatic carbocycles. The lowest BCUT2D eigenvalue weighted by molar-refractivity contribution is -0.127. The van der Waals surface area contributed by atoms with Crippen LogP contribution in [0.25, 0.3) is 11.0 Å². The Hall–Kier alpha value is -4.63. The monoisotopic (exact) mass is 655 g/mol. The summed E-state index contributed by atoms with van der Waals surface area (Å²) in [6.45, 7) is 12.8. The Bertz CT molecular complexity index is 1760. The maximum absolute atomic E-state index is 13.4. The van der Waals surface area contributed by atoms with Crippen molar-refractivity contribution < 1.29 is 19.5 Å². The van der Waals surface area contributed by atoms with Crippen LogP contribution in [0, 0.1) is 5.41 Å². The summed E-state index contributed by atoms with van der Waals surface area (Å²) in [7, 11) is 0. The molecule has 3 atom stereocenters. The number of amides is 3. The molecule has 0 radical (unpaired) electrons. The second kappa shape index (κ2) is 14.0. The molecular formula is C37H42ClN5O4. The van der Waals surface area contributed by atoms with Crippen LogP contribution in [0.1, 0.15) is 74.1 Å². The number of anilines is 1. The molecule has 0 saturated carbocycles. The van der Waals surface area contributed by atoms with Gasteiger partial charge in [0.05, 0.1) is 23.1 Å². The number of nitrogens with zero attached hydrogens (tertiary/aromatic N) is 4. The molecule has 3 amide bonds. The number of nitrogens with one attached hydrogen (secondary N) is 1. The van der Waals surface area contributed by atoms with Gasteiger partial charge in [0.2, 0.25) is 11.9 Å². The van der Waals surface area contributed by atoms with Crippen LogP contribution in [0.3, 0.4) is 0 Å². The van der Waals surface area contributed by atoms with E-state index in [1.54, 1.807) is 34.1 Å². The maximum Gasteiger partial charge on any atom is 0.408 e. The number of carbonyl (C=O) groups is 3. The summed E-state index contributed by atoms with van der Waals surface area (Å²) in [5, 5.41) is 14.1. The summed E-state index contributed by atoms with van der Waals surface area (Å²) in [4.78, 5) is 47.2. The van der Waals surface area contributed by atoms with Crippen LogP contribution in [0.15, 0.2) is 85.5 Å². The highest BCUT2D eigenvalue weighted by molar-refractivity contribution is 6.30. The molecular weight excluding hydrogens is 614 g/mol. The van der Waals surface area contributed by atoms with Crippen LogP contribution >= 0.6 is 11.6 Å². The van der Waals surface area contributed by atoms with E-state index in [2.05, 4.69) is 11.9 Å². The number of hydrogen-bond acceptors (Lipinski definition) is 4. The zero-order valence-corrected chi connectivity index (χ0v) is 28.1. The molecule has 2 heterocycles. The molecule has 246 valence electrons. The van der Waals surface area contributed by atoms with E-state index in [0.29, 0.717) is 41.6 Å². The number of halogens is 1. The Kier molecular flexibility index (Phi) is 10.1. The average Bonchev–Trinajstić information content (AvgIpc) is 3.41. The number of rotatable bonds is 9. The van der Waals surface area contributed by atoms with Gasteiger partial charge in [-0.1, -0.05) is 75.3 Å². The zero-order valence-electron chi connectivity index (χ0n) is 27.3. The van der Waals surface area contributed by atoms with Crippen LogP contribution in [-0.2, 0) is 11.2 Å². The van der Waals surface area contributed by atoms with Gasteiger partial charge < -0.3 is 14.6 Å². The van der Waals surface area contributed by atoms with Crippen LogP contribution in [0.5, 0.6) is 0 Å². The molecule has 1 aliphatic rings. The Labute approximate surface area is 280 Å². The zero-order chi connectivity index (χ0) is 33.9. The number of likely N-dealkylation sites (tertiary alicyclic amines) is 1. The SMILES string of the molecule is C=CC(=O)N1CCCC(n2c(NC(=O)c3ccc(Cl)cc3)nc3cc(C(Cc4ccccc4)N(C(=O)O)C(C)C(C)(C)C)ccc32)C1. The van der Waals surface area contributed by atoms with Gasteiger partial charge in [0.1, 0.15) is 0 Å². The Morgan fingerprint density at radius 1 is 1.11 bits per heavy atom. The van der Waals surface area contributed by atoms with Crippen molar-refractivity contribution in [2.45, 2.75) is 65.1 Å². The number of fused-ring (bicyclic) bond motifs is 1. The minimum Gasteiger partial charge on any atom is -0.465 e. The lowest BCUT2D eigenvalue weighted by Crippen LogP contribution is -2.47. The Morgan fingerprint density at radius 2 is 1.81 bits per heavy atom. The third-order valence-corrected chi connectivity index (χ3v) is 9.43. The number of benzene rings is 3. The van der Waals surface area contributed by atoms with Gasteiger partial charge >= 0.3 is 6.09 Å². The fourth-order valence-electron chi connectivity index (χ4n) is 6.25. The van der Waals surface area contributed by atoms with E-state index in [-0.39, 0.29) is 29.3 Å². The molecule has 0 spiro atoms. The van der Waals surface area contributed by atoms with Gasteiger partial charge in [-0.3, -0.25) is 19.8 Å². The number of aromatic nitrogens is 2. The van der Waals surface area contributed by atoms with Crippen molar-refractivity contribution in [2.24, 2.45) is 5.41 Å². The summed E-state index contributed by atoms with van der Waals surface area (Å²) >= 11 is 6.06. The minimum absolute atomic E-state index is 0.140. The first-order valence-electron chi connectivity index (χ1n) is 15.9. The van der Waals surface area contributed by atoms with Crippen molar-refractivity contribution in [3.63, 3.8) is 0 Å². The summed E-state index contributed by atoms with van der Waals surface area (Å²) in [5.41, 5.74) is 3.33. The quantitative estimate of drug-likeness (QED) is 0.178. The summed E-state index contributed by atoms with van der Waals surface area (Å²) < 4.78 is 1.99. The van der Waals surface area contributed by atoms with Gasteiger partial charge in [0, 0.05) is 29.7 Å². The van der Waals surface area contributed by atoms with Gasteiger partial charge in [0.25, 0.3) is 5.91 Å². The van der Waals surface area contributed by atoms with Crippen molar-refractivity contribution in [2.75, 3.05) is 18.4 Å². The normalized spacial score (nSPS) is 16.4. The number of hydrogen-bond donors (Lipinski definition) is 2. The number of imidazole rings is 1. The fourth-order valence-corrected chi connectivity index (χ4v) is 6.38. The van der Waals surface area contributed by atoms with E-state index in [9.17, 15) is 19.5 Å². The van der Waals surface area contributed by atoms with Crippen molar-refractivity contribution >= 4 is 46.5 Å². The highest BCUT2D eigenvalue weighted by atomic mass is 35.5. The topological polar surface area (TPSA) is 108 Å². The summed E-state index contributed by atoms with van der Waals surface area (Å²) in [6.07, 6.45) is 2.36. The van der Waals surface area contributed by atoms with Crippen molar-refractivity contribution in [1.82, 2.24) is 19.4 Å². The average molecular weight is 656 g/mol. The lowest BCUT2D eigenvalue weighted by atomic mass is 9.84.